The molecule has 6 heteroatoms. The van der Waals surface area contributed by atoms with E-state index in [0.29, 0.717) is 28.2 Å². The molecular formula is C15H10BrFN2O2. The van der Waals surface area contributed by atoms with Crippen molar-refractivity contribution in [2.24, 2.45) is 0 Å². The van der Waals surface area contributed by atoms with Crippen molar-refractivity contribution in [1.82, 2.24) is 10.1 Å². The molecule has 0 spiro atoms. The van der Waals surface area contributed by atoms with Gasteiger partial charge in [-0.1, -0.05) is 33.2 Å². The van der Waals surface area contributed by atoms with Crippen LogP contribution in [0.2, 0.25) is 0 Å². The highest BCUT2D eigenvalue weighted by molar-refractivity contribution is 9.10. The minimum Gasteiger partial charge on any atom is -0.508 e. The molecule has 0 saturated heterocycles. The first-order valence-electron chi connectivity index (χ1n) is 6.17. The van der Waals surface area contributed by atoms with Crippen LogP contribution in [-0.2, 0) is 6.42 Å². The lowest BCUT2D eigenvalue weighted by Crippen LogP contribution is -1.88. The van der Waals surface area contributed by atoms with E-state index in [9.17, 15) is 9.50 Å². The van der Waals surface area contributed by atoms with Gasteiger partial charge in [0.1, 0.15) is 11.6 Å². The Morgan fingerprint density at radius 1 is 1.19 bits per heavy atom. The standard InChI is InChI=1S/C15H10BrFN2O2/c16-11-6-10(7-12(17)8-11)15-18-14(21-19-15)5-9-2-1-3-13(20)4-9/h1-4,6-8,20H,5H2. The van der Waals surface area contributed by atoms with Gasteiger partial charge in [-0.15, -0.1) is 0 Å². The van der Waals surface area contributed by atoms with Crippen molar-refractivity contribution < 1.29 is 14.0 Å². The first-order chi connectivity index (χ1) is 10.1. The highest BCUT2D eigenvalue weighted by Crippen LogP contribution is 2.23. The summed E-state index contributed by atoms with van der Waals surface area (Å²) >= 11 is 3.22. The molecule has 2 aromatic carbocycles. The van der Waals surface area contributed by atoms with Crippen molar-refractivity contribution in [2.75, 3.05) is 0 Å². The molecule has 0 amide bonds. The minimum atomic E-state index is -0.376. The van der Waals surface area contributed by atoms with Crippen LogP contribution in [0.15, 0.2) is 51.5 Å². The van der Waals surface area contributed by atoms with Gasteiger partial charge in [0.05, 0.1) is 6.42 Å². The summed E-state index contributed by atoms with van der Waals surface area (Å²) in [4.78, 5) is 4.24. The maximum absolute atomic E-state index is 13.4. The predicted octanol–water partition coefficient (Wildman–Crippen LogP) is 3.93. The highest BCUT2D eigenvalue weighted by atomic mass is 79.9. The van der Waals surface area contributed by atoms with Crippen molar-refractivity contribution in [3.05, 3.63) is 64.2 Å². The summed E-state index contributed by atoms with van der Waals surface area (Å²) in [5.74, 6) is 0.529. The average Bonchev–Trinajstić information content (AvgIpc) is 2.86. The largest absolute Gasteiger partial charge is 0.508 e. The van der Waals surface area contributed by atoms with Gasteiger partial charge >= 0.3 is 0 Å². The first kappa shape index (κ1) is 13.8. The lowest BCUT2D eigenvalue weighted by Gasteiger charge is -1.97. The molecule has 1 N–H and O–H groups in total. The fourth-order valence-electron chi connectivity index (χ4n) is 1.97. The third-order valence-corrected chi connectivity index (χ3v) is 3.31. The zero-order valence-corrected chi connectivity index (χ0v) is 12.3. The molecule has 0 unspecified atom stereocenters. The first-order valence-corrected chi connectivity index (χ1v) is 6.96. The van der Waals surface area contributed by atoms with Crippen molar-refractivity contribution in [3.8, 4) is 17.1 Å². The molecule has 3 rings (SSSR count). The number of benzene rings is 2. The summed E-state index contributed by atoms with van der Waals surface area (Å²) in [5.41, 5.74) is 1.39. The zero-order chi connectivity index (χ0) is 14.8. The van der Waals surface area contributed by atoms with Crippen LogP contribution in [0.3, 0.4) is 0 Å². The summed E-state index contributed by atoms with van der Waals surface area (Å²) in [6.07, 6.45) is 0.401. The van der Waals surface area contributed by atoms with Crippen LogP contribution in [0.4, 0.5) is 4.39 Å². The molecule has 106 valence electrons. The van der Waals surface area contributed by atoms with E-state index in [1.54, 1.807) is 24.3 Å². The second kappa shape index (κ2) is 5.65. The molecular weight excluding hydrogens is 339 g/mol. The second-order valence-corrected chi connectivity index (χ2v) is 5.43. The molecule has 0 atom stereocenters. The lowest BCUT2D eigenvalue weighted by molar-refractivity contribution is 0.385. The van der Waals surface area contributed by atoms with Gasteiger partial charge in [-0.3, -0.25) is 0 Å². The predicted molar refractivity (Wildman–Crippen MR) is 78.3 cm³/mol. The summed E-state index contributed by atoms with van der Waals surface area (Å²) < 4.78 is 19.1. The van der Waals surface area contributed by atoms with Gasteiger partial charge in [-0.05, 0) is 35.9 Å². The van der Waals surface area contributed by atoms with Crippen LogP contribution in [0.25, 0.3) is 11.4 Å². The Morgan fingerprint density at radius 2 is 2.05 bits per heavy atom. The maximum atomic E-state index is 13.4. The highest BCUT2D eigenvalue weighted by Gasteiger charge is 2.11. The van der Waals surface area contributed by atoms with Crippen LogP contribution in [0.1, 0.15) is 11.5 Å². The van der Waals surface area contributed by atoms with E-state index in [1.807, 2.05) is 6.07 Å². The average molecular weight is 349 g/mol. The minimum absolute atomic E-state index is 0.182. The van der Waals surface area contributed by atoms with Crippen LogP contribution in [0, 0.1) is 5.82 Å². The summed E-state index contributed by atoms with van der Waals surface area (Å²) in [5, 5.41) is 13.3. The van der Waals surface area contributed by atoms with E-state index in [4.69, 9.17) is 4.52 Å². The number of hydrogen-bond donors (Lipinski definition) is 1. The van der Waals surface area contributed by atoms with E-state index < -0.39 is 0 Å². The van der Waals surface area contributed by atoms with Crippen molar-refractivity contribution >= 4 is 15.9 Å². The molecule has 3 aromatic rings. The van der Waals surface area contributed by atoms with Crippen LogP contribution >= 0.6 is 15.9 Å². The van der Waals surface area contributed by atoms with Crippen molar-refractivity contribution in [2.45, 2.75) is 6.42 Å². The third-order valence-electron chi connectivity index (χ3n) is 2.85. The molecule has 0 aliphatic carbocycles. The molecule has 1 aromatic heterocycles. The Morgan fingerprint density at radius 3 is 2.81 bits per heavy atom. The SMILES string of the molecule is Oc1cccc(Cc2nc(-c3cc(F)cc(Br)c3)no2)c1. The fraction of sp³-hybridized carbons (Fsp3) is 0.0667. The smallest absolute Gasteiger partial charge is 0.231 e. The maximum Gasteiger partial charge on any atom is 0.231 e. The topological polar surface area (TPSA) is 59.2 Å². The summed E-state index contributed by atoms with van der Waals surface area (Å²) in [6.45, 7) is 0. The molecule has 4 nitrogen and oxygen atoms in total. The summed E-state index contributed by atoms with van der Waals surface area (Å²) in [7, 11) is 0. The Labute approximate surface area is 128 Å². The third kappa shape index (κ3) is 3.28. The molecule has 0 saturated carbocycles. The van der Waals surface area contributed by atoms with E-state index in [1.165, 1.54) is 12.1 Å². The normalized spacial score (nSPS) is 10.8. The van der Waals surface area contributed by atoms with Crippen molar-refractivity contribution in [3.63, 3.8) is 0 Å². The Bertz CT molecular complexity index is 769. The molecule has 0 aliphatic rings. The van der Waals surface area contributed by atoms with E-state index in [-0.39, 0.29) is 11.6 Å². The Kier molecular flexibility index (Phi) is 3.70. The molecule has 1 heterocycles. The van der Waals surface area contributed by atoms with Gasteiger partial charge in [0, 0.05) is 10.0 Å². The van der Waals surface area contributed by atoms with Crippen molar-refractivity contribution in [1.29, 1.82) is 0 Å². The van der Waals surface area contributed by atoms with Crippen LogP contribution in [0.5, 0.6) is 5.75 Å². The number of aromatic hydroxyl groups is 1. The molecule has 0 aliphatic heterocycles. The molecule has 21 heavy (non-hydrogen) atoms. The molecule has 0 fully saturated rings. The zero-order valence-electron chi connectivity index (χ0n) is 10.8. The van der Waals surface area contributed by atoms with Gasteiger partial charge in [-0.2, -0.15) is 4.98 Å². The van der Waals surface area contributed by atoms with Crippen LogP contribution < -0.4 is 0 Å². The lowest BCUT2D eigenvalue weighted by atomic mass is 10.1. The number of hydrogen-bond acceptors (Lipinski definition) is 4. The summed E-state index contributed by atoms with van der Waals surface area (Å²) in [6, 6.07) is 11.2. The number of aromatic nitrogens is 2. The quantitative estimate of drug-likeness (QED) is 0.778. The Balaban J connectivity index is 1.86. The second-order valence-electron chi connectivity index (χ2n) is 4.52. The number of phenols is 1. The van der Waals surface area contributed by atoms with Gasteiger partial charge in [0.25, 0.3) is 0 Å². The van der Waals surface area contributed by atoms with Gasteiger partial charge in [0.15, 0.2) is 0 Å². The molecule has 0 radical (unpaired) electrons. The van der Waals surface area contributed by atoms with Gasteiger partial charge in [0.2, 0.25) is 11.7 Å². The number of nitrogens with zero attached hydrogens (tertiary/aromatic N) is 2. The fourth-order valence-corrected chi connectivity index (χ4v) is 2.43. The number of halogens is 2. The number of phenolic OH excluding ortho intramolecular Hbond substituents is 1. The van der Waals surface area contributed by atoms with Crippen LogP contribution in [-0.4, -0.2) is 15.2 Å². The van der Waals surface area contributed by atoms with E-state index in [0.717, 1.165) is 5.56 Å². The van der Waals surface area contributed by atoms with E-state index >= 15 is 0 Å². The van der Waals surface area contributed by atoms with E-state index in [2.05, 4.69) is 26.1 Å². The van der Waals surface area contributed by atoms with Gasteiger partial charge < -0.3 is 9.63 Å². The number of rotatable bonds is 3. The Hall–Kier alpha value is -2.21. The monoisotopic (exact) mass is 348 g/mol. The van der Waals surface area contributed by atoms with Gasteiger partial charge in [-0.25, -0.2) is 4.39 Å². The molecule has 0 bridgehead atoms.